The van der Waals surface area contributed by atoms with Crippen molar-refractivity contribution < 1.29 is 38.6 Å². The van der Waals surface area contributed by atoms with E-state index in [0.29, 0.717) is 24.0 Å². The number of aryl methyl sites for hydroxylation is 1. The molecule has 5 N–H and O–H groups in total. The molecular formula is C35H48N4O8. The van der Waals surface area contributed by atoms with Crippen molar-refractivity contribution in [1.29, 1.82) is 0 Å². The predicted molar refractivity (Wildman–Crippen MR) is 175 cm³/mol. The Morgan fingerprint density at radius 3 is 2.06 bits per heavy atom. The summed E-state index contributed by atoms with van der Waals surface area (Å²) in [5, 5.41) is 15.7. The Morgan fingerprint density at radius 1 is 0.915 bits per heavy atom. The van der Waals surface area contributed by atoms with E-state index < -0.39 is 59.1 Å². The van der Waals surface area contributed by atoms with E-state index in [9.17, 15) is 29.1 Å². The molecular weight excluding hydrogens is 604 g/mol. The van der Waals surface area contributed by atoms with E-state index in [1.54, 1.807) is 54.5 Å². The largest absolute Gasteiger partial charge is 0.508 e. The normalized spacial score (nSPS) is 15.0. The Labute approximate surface area is 276 Å². The number of rotatable bonds is 13. The lowest BCUT2D eigenvalue weighted by molar-refractivity contribution is -0.159. The fraction of sp³-hybridized carbons (Fsp3) is 0.514. The number of carbonyl (C=O) groups excluding carboxylic acids is 5. The fourth-order valence-electron chi connectivity index (χ4n) is 5.00. The summed E-state index contributed by atoms with van der Waals surface area (Å²) in [7, 11) is 0. The van der Waals surface area contributed by atoms with Gasteiger partial charge in [-0.3, -0.25) is 14.4 Å². The molecule has 0 aliphatic heterocycles. The second kappa shape index (κ2) is 15.3. The number of esters is 1. The van der Waals surface area contributed by atoms with E-state index in [1.165, 1.54) is 17.0 Å². The maximum Gasteiger partial charge on any atom is 0.408 e. The minimum Gasteiger partial charge on any atom is -0.508 e. The van der Waals surface area contributed by atoms with Crippen LogP contribution >= 0.6 is 0 Å². The SMILES string of the molecule is Cc1cc(C(C(=O)NC(Cc2ccccc2)C(=O)OC(C)(C)C)N(C(=O)C(CCC(N)=O)NC(=O)OC(C)(C)C)C2CC2)ccc1O. The van der Waals surface area contributed by atoms with Crippen LogP contribution in [0.25, 0.3) is 0 Å². The Kier molecular flexibility index (Phi) is 12.0. The number of nitrogens with zero attached hydrogens (tertiary/aromatic N) is 1. The van der Waals surface area contributed by atoms with Gasteiger partial charge in [-0.25, -0.2) is 9.59 Å². The number of alkyl carbamates (subject to hydrolysis) is 1. The van der Waals surface area contributed by atoms with Crippen molar-refractivity contribution in [3.63, 3.8) is 0 Å². The molecule has 1 aliphatic rings. The van der Waals surface area contributed by atoms with Gasteiger partial charge in [0, 0.05) is 18.9 Å². The molecule has 3 rings (SSSR count). The third-order valence-electron chi connectivity index (χ3n) is 7.22. The summed E-state index contributed by atoms with van der Waals surface area (Å²) >= 11 is 0. The number of hydrogen-bond acceptors (Lipinski definition) is 8. The van der Waals surface area contributed by atoms with Gasteiger partial charge in [-0.1, -0.05) is 36.4 Å². The van der Waals surface area contributed by atoms with E-state index >= 15 is 0 Å². The molecule has 0 bridgehead atoms. The molecule has 3 unspecified atom stereocenters. The molecule has 4 amide bonds. The minimum atomic E-state index is -1.27. The van der Waals surface area contributed by atoms with Crippen LogP contribution in [-0.4, -0.2) is 69.1 Å². The first-order valence-electron chi connectivity index (χ1n) is 15.8. The predicted octanol–water partition coefficient (Wildman–Crippen LogP) is 3.96. The molecule has 1 fully saturated rings. The topological polar surface area (TPSA) is 177 Å². The van der Waals surface area contributed by atoms with Crippen LogP contribution in [0.4, 0.5) is 4.79 Å². The molecule has 0 heterocycles. The molecule has 1 saturated carbocycles. The van der Waals surface area contributed by atoms with Crippen molar-refractivity contribution in [2.24, 2.45) is 5.73 Å². The maximum absolute atomic E-state index is 14.4. The zero-order valence-corrected chi connectivity index (χ0v) is 28.3. The molecule has 47 heavy (non-hydrogen) atoms. The second-order valence-electron chi connectivity index (χ2n) is 13.9. The van der Waals surface area contributed by atoms with Gasteiger partial charge in [-0.15, -0.1) is 0 Å². The summed E-state index contributed by atoms with van der Waals surface area (Å²) < 4.78 is 11.0. The summed E-state index contributed by atoms with van der Waals surface area (Å²) in [4.78, 5) is 68.2. The second-order valence-corrected chi connectivity index (χ2v) is 13.9. The lowest BCUT2D eigenvalue weighted by Gasteiger charge is -2.35. The standard InChI is InChI=1S/C35H48N4O8/c1-21-19-23(13-17-27(21)40)29(30(42)37-26(32(44)46-34(2,3)4)20-22-11-9-8-10-12-22)39(24-14-15-24)31(43)25(16-18-28(36)41)38-33(45)47-35(5,6)7/h8-13,17,19,24-26,29,40H,14-16,18,20H2,1-7H3,(H2,36,41)(H,37,42)(H,38,45). The van der Waals surface area contributed by atoms with Gasteiger partial charge in [0.25, 0.3) is 0 Å². The number of nitrogens with two attached hydrogens (primary N) is 1. The van der Waals surface area contributed by atoms with Crippen molar-refractivity contribution >= 4 is 29.8 Å². The van der Waals surface area contributed by atoms with E-state index in [4.69, 9.17) is 15.2 Å². The quantitative estimate of drug-likeness (QED) is 0.235. The van der Waals surface area contributed by atoms with Crippen molar-refractivity contribution in [2.75, 3.05) is 0 Å². The molecule has 0 aromatic heterocycles. The van der Waals surface area contributed by atoms with Gasteiger partial charge in [0.15, 0.2) is 0 Å². The average molecular weight is 653 g/mol. The Balaban J connectivity index is 2.06. The Hall–Kier alpha value is -4.61. The number of phenols is 1. The number of benzene rings is 2. The zero-order valence-electron chi connectivity index (χ0n) is 28.3. The molecule has 0 spiro atoms. The maximum atomic E-state index is 14.4. The molecule has 0 saturated heterocycles. The highest BCUT2D eigenvalue weighted by Gasteiger charge is 2.45. The van der Waals surface area contributed by atoms with Crippen LogP contribution < -0.4 is 16.4 Å². The summed E-state index contributed by atoms with van der Waals surface area (Å²) in [6.45, 7) is 11.9. The van der Waals surface area contributed by atoms with E-state index in [0.717, 1.165) is 5.56 Å². The molecule has 256 valence electrons. The van der Waals surface area contributed by atoms with Crippen LogP contribution in [-0.2, 0) is 35.1 Å². The highest BCUT2D eigenvalue weighted by atomic mass is 16.6. The first-order chi connectivity index (χ1) is 21.8. The van der Waals surface area contributed by atoms with Gasteiger partial charge in [-0.2, -0.15) is 0 Å². The van der Waals surface area contributed by atoms with Crippen LogP contribution in [0.5, 0.6) is 5.75 Å². The van der Waals surface area contributed by atoms with Gasteiger partial charge < -0.3 is 35.8 Å². The molecule has 12 nitrogen and oxygen atoms in total. The van der Waals surface area contributed by atoms with Crippen molar-refractivity contribution in [3.05, 3.63) is 65.2 Å². The summed E-state index contributed by atoms with van der Waals surface area (Å²) in [5.41, 5.74) is 5.34. The average Bonchev–Trinajstić information content (AvgIpc) is 3.78. The van der Waals surface area contributed by atoms with Crippen LogP contribution in [0, 0.1) is 6.92 Å². The highest BCUT2D eigenvalue weighted by molar-refractivity contribution is 5.94. The van der Waals surface area contributed by atoms with Gasteiger partial charge >= 0.3 is 12.1 Å². The van der Waals surface area contributed by atoms with Crippen molar-refractivity contribution in [3.8, 4) is 5.75 Å². The number of nitrogens with one attached hydrogen (secondary N) is 2. The Morgan fingerprint density at radius 2 is 1.53 bits per heavy atom. The smallest absolute Gasteiger partial charge is 0.408 e. The molecule has 1 aliphatic carbocycles. The van der Waals surface area contributed by atoms with Gasteiger partial charge in [0.05, 0.1) is 0 Å². The monoisotopic (exact) mass is 652 g/mol. The van der Waals surface area contributed by atoms with Crippen LogP contribution in [0.15, 0.2) is 48.5 Å². The van der Waals surface area contributed by atoms with Crippen LogP contribution in [0.1, 0.15) is 90.0 Å². The van der Waals surface area contributed by atoms with Gasteiger partial charge in [-0.05, 0) is 96.6 Å². The molecule has 0 radical (unpaired) electrons. The lowest BCUT2D eigenvalue weighted by atomic mass is 9.98. The summed E-state index contributed by atoms with van der Waals surface area (Å²) in [6.07, 6.45) is 0.0839. The van der Waals surface area contributed by atoms with E-state index in [2.05, 4.69) is 10.6 Å². The van der Waals surface area contributed by atoms with Crippen molar-refractivity contribution in [1.82, 2.24) is 15.5 Å². The van der Waals surface area contributed by atoms with E-state index in [1.807, 2.05) is 30.3 Å². The number of primary amides is 1. The first kappa shape index (κ1) is 36.9. The fourth-order valence-corrected chi connectivity index (χ4v) is 5.00. The number of aromatic hydroxyl groups is 1. The number of phenolic OH excluding ortho intramolecular Hbond substituents is 1. The number of carbonyl (C=O) groups is 5. The summed E-state index contributed by atoms with van der Waals surface area (Å²) in [5.74, 6) is -2.60. The van der Waals surface area contributed by atoms with Crippen LogP contribution in [0.3, 0.4) is 0 Å². The van der Waals surface area contributed by atoms with Gasteiger partial charge in [0.1, 0.15) is 35.1 Å². The zero-order chi connectivity index (χ0) is 35.1. The number of ether oxygens (including phenoxy) is 2. The third kappa shape index (κ3) is 11.6. The molecule has 2 aromatic carbocycles. The number of amides is 4. The number of hydrogen-bond donors (Lipinski definition) is 4. The lowest BCUT2D eigenvalue weighted by Crippen LogP contribution is -2.55. The molecule has 12 heteroatoms. The third-order valence-corrected chi connectivity index (χ3v) is 7.22. The minimum absolute atomic E-state index is 0.00107. The van der Waals surface area contributed by atoms with E-state index in [-0.39, 0.29) is 31.1 Å². The molecule has 3 atom stereocenters. The summed E-state index contributed by atoms with van der Waals surface area (Å²) in [6, 6.07) is 9.70. The van der Waals surface area contributed by atoms with Crippen LogP contribution in [0.2, 0.25) is 0 Å². The highest BCUT2D eigenvalue weighted by Crippen LogP contribution is 2.37. The first-order valence-corrected chi connectivity index (χ1v) is 15.8. The Bertz CT molecular complexity index is 1440. The molecule has 2 aromatic rings. The van der Waals surface area contributed by atoms with Gasteiger partial charge in [0.2, 0.25) is 17.7 Å². The van der Waals surface area contributed by atoms with Crippen molar-refractivity contribution in [2.45, 2.75) is 116 Å².